The van der Waals surface area contributed by atoms with Crippen molar-refractivity contribution in [2.45, 2.75) is 156 Å². The van der Waals surface area contributed by atoms with Crippen molar-refractivity contribution in [3.63, 3.8) is 0 Å². The van der Waals surface area contributed by atoms with E-state index in [1.165, 1.54) is 46.9 Å². The van der Waals surface area contributed by atoms with Crippen molar-refractivity contribution in [3.8, 4) is 73.4 Å². The third kappa shape index (κ3) is 15.5. The van der Waals surface area contributed by atoms with Crippen LogP contribution >= 0.6 is 0 Å². The summed E-state index contributed by atoms with van der Waals surface area (Å²) >= 11 is 0. The van der Waals surface area contributed by atoms with E-state index in [0.717, 1.165) is 74.7 Å². The highest BCUT2D eigenvalue weighted by molar-refractivity contribution is 6.13. The van der Waals surface area contributed by atoms with Crippen molar-refractivity contribution >= 4 is 79.1 Å². The van der Waals surface area contributed by atoms with Gasteiger partial charge in [-0.3, -0.25) is 62.2 Å². The fraction of sp³-hybridized carbons (Fsp3) is 0.314. The number of amides is 4. The number of fused-ring (bicyclic) bond motifs is 15. The summed E-state index contributed by atoms with van der Waals surface area (Å²) in [5.41, 5.74) is -2.05. The van der Waals surface area contributed by atoms with E-state index in [1.807, 2.05) is 65.2 Å². The lowest BCUT2D eigenvalue weighted by Crippen LogP contribution is -2.66. The fourth-order valence-electron chi connectivity index (χ4n) is 20.5. The smallest absolute Gasteiger partial charge is 0.300 e. The van der Waals surface area contributed by atoms with Crippen LogP contribution in [0.5, 0.6) is 23.0 Å². The zero-order valence-electron chi connectivity index (χ0n) is 76.3. The van der Waals surface area contributed by atoms with E-state index in [9.17, 15) is 48.9 Å². The average molecular weight is 1850 g/mol. The summed E-state index contributed by atoms with van der Waals surface area (Å²) in [5.74, 6) is -14.1. The molecule has 6 aliphatic heterocycles. The van der Waals surface area contributed by atoms with Gasteiger partial charge in [-0.25, -0.2) is 39.5 Å². The van der Waals surface area contributed by atoms with Gasteiger partial charge in [-0.1, -0.05) is 79.5 Å². The van der Waals surface area contributed by atoms with Crippen LogP contribution in [0, 0.1) is 73.1 Å². The van der Waals surface area contributed by atoms with Gasteiger partial charge in [-0.05, 0) is 180 Å². The van der Waals surface area contributed by atoms with E-state index < -0.39 is 138 Å². The topological polar surface area (TPSA) is 266 Å². The molecule has 0 spiro atoms. The van der Waals surface area contributed by atoms with Gasteiger partial charge in [0.1, 0.15) is 63.9 Å². The van der Waals surface area contributed by atoms with Crippen molar-refractivity contribution in [2.75, 3.05) is 72.5 Å². The minimum Gasteiger partial charge on any atom is -0.507 e. The van der Waals surface area contributed by atoms with E-state index in [4.69, 9.17) is 4.74 Å². The van der Waals surface area contributed by atoms with E-state index in [-0.39, 0.29) is 154 Å². The summed E-state index contributed by atoms with van der Waals surface area (Å²) in [5, 5.41) is 31.8. The number of halogens is 9. The molecule has 4 amide bonds. The zero-order valence-corrected chi connectivity index (χ0v) is 76.3. The molecule has 33 heteroatoms. The van der Waals surface area contributed by atoms with Gasteiger partial charge in [0.05, 0.1) is 120 Å². The standard InChI is InChI=1S/C34H32F3N5O4.C34H33F3N4O4.C34H33F3N4O3/c1-7-24(44)40-14-18(5)41-22(15-40)33(45)39(6)32-31(41)19-13-21(36)26(25-20(35)9-8-10-23(25)43)27(37)30(19)42(34(32)46)29-17(4)11-12-38-28(29)16(2)3;1-6-25(43)39-15-19(5)40-20(16-39)11-13-45-33-32(40)21-14-23(36)27(26-22(35)8-7-9-24(26)42)28(37)31(21)41(34(33)44)30-18(4)10-12-38-29(30)17(2)3;1-6-26(43)39-15-19(5)40-20(16-39)10-11-21-32(40)22-14-24(36)28(27-23(35)8-7-9-25(27)42)29(37)33(22)41(34(21)44)31-18(4)12-13-38-30(31)17(2)3/h7-13,16,18,22,43H,1,14-15H2,2-6H3;6-10,12,14,17,19-20,42H,1,11,13,15-16H2,2-5H3;6-9,12-14,17,19-20,42H,1,10-11,15-16H2,2-5H3. The summed E-state index contributed by atoms with van der Waals surface area (Å²) < 4.78 is 155. The molecule has 135 heavy (non-hydrogen) atoms. The normalized spacial score (nSPS) is 17.9. The van der Waals surface area contributed by atoms with Gasteiger partial charge >= 0.3 is 0 Å². The van der Waals surface area contributed by atoms with Crippen molar-refractivity contribution in [1.29, 1.82) is 0 Å². The number of phenols is 3. The molecular formula is C102H98F9N13O11. The largest absolute Gasteiger partial charge is 0.507 e. The van der Waals surface area contributed by atoms with Crippen LogP contribution in [0.3, 0.4) is 0 Å². The van der Waals surface area contributed by atoms with Crippen LogP contribution in [0.15, 0.2) is 162 Å². The number of carbonyl (C=O) groups is 4. The highest BCUT2D eigenvalue weighted by Gasteiger charge is 2.49. The lowest BCUT2D eigenvalue weighted by Gasteiger charge is -2.50. The summed E-state index contributed by atoms with van der Waals surface area (Å²) in [4.78, 5) is 121. The highest BCUT2D eigenvalue weighted by atomic mass is 19.2. The Morgan fingerprint density at radius 3 is 1.16 bits per heavy atom. The average Bonchev–Trinajstić information content (AvgIpc) is 1.03. The Bertz CT molecular complexity index is 7180. The second-order valence-electron chi connectivity index (χ2n) is 35.9. The molecule has 3 saturated heterocycles. The monoisotopic (exact) mass is 1850 g/mol. The molecule has 24 nitrogen and oxygen atoms in total. The predicted octanol–water partition coefficient (Wildman–Crippen LogP) is 17.3. The second-order valence-corrected chi connectivity index (χ2v) is 35.9. The van der Waals surface area contributed by atoms with Gasteiger partial charge in [0.15, 0.2) is 17.5 Å². The number of rotatable bonds is 12. The number of anilines is 4. The first-order valence-corrected chi connectivity index (χ1v) is 44.3. The molecule has 3 N–H and O–H groups in total. The third-order valence-corrected chi connectivity index (χ3v) is 26.4. The summed E-state index contributed by atoms with van der Waals surface area (Å²) in [6.45, 7) is 34.3. The Morgan fingerprint density at radius 1 is 0.422 bits per heavy atom. The number of carbonyl (C=O) groups excluding carboxylic acids is 4. The Hall–Kier alpha value is -14.5. The molecular weight excluding hydrogens is 1750 g/mol. The van der Waals surface area contributed by atoms with E-state index in [2.05, 4.69) is 34.7 Å². The van der Waals surface area contributed by atoms with Gasteiger partial charge in [0, 0.05) is 111 Å². The molecule has 0 radical (unpaired) electrons. The number of nitrogens with zero attached hydrogens (tertiary/aromatic N) is 13. The molecule has 6 atom stereocenters. The van der Waals surface area contributed by atoms with Crippen LogP contribution in [0.25, 0.3) is 83.2 Å². The maximum absolute atomic E-state index is 17.2. The summed E-state index contributed by atoms with van der Waals surface area (Å²) in [6.07, 6.45) is 9.73. The molecule has 6 aliphatic rings. The molecule has 0 saturated carbocycles. The van der Waals surface area contributed by atoms with Crippen molar-refractivity contribution in [1.82, 2.24) is 43.4 Å². The second kappa shape index (κ2) is 36.1. The number of ether oxygens (including phenoxy) is 1. The fourth-order valence-corrected chi connectivity index (χ4v) is 20.5. The van der Waals surface area contributed by atoms with Crippen LogP contribution in [0.1, 0.15) is 132 Å². The van der Waals surface area contributed by atoms with Gasteiger partial charge in [-0.15, -0.1) is 0 Å². The molecule has 3 fully saturated rings. The Labute approximate surface area is 770 Å². The molecule has 6 aromatic heterocycles. The first kappa shape index (κ1) is 93.7. The van der Waals surface area contributed by atoms with E-state index in [0.29, 0.717) is 88.7 Å². The predicted molar refractivity (Wildman–Crippen MR) is 499 cm³/mol. The maximum Gasteiger partial charge on any atom is 0.300 e. The SMILES string of the molecule is C=CC(=O)N1CC(C)N2c3c(c(=O)n(-c4c(C)ccnc4C(C)C)c4c(F)c(-c5c(O)cccc5F)c(F)cc34)CCC2C1.C=CC(=O)N1CC(C)N2c3c(c(=O)n(-c4c(C)ccnc4C(C)C)c4c(F)c(-c5c(O)cccc5F)c(F)cc34)N(C)C(=O)C2C1.C=CC(=O)N1CC(C)N2c3c(c(=O)n(-c4c(C)ccnc4C(C)C)c4c(F)c(-c5c(O)cccc5F)c(F)cc34)OCCC2C1. The van der Waals surface area contributed by atoms with Crippen LogP contribution in [-0.2, 0) is 25.6 Å². The number of aryl methyl sites for hydroxylation is 3. The van der Waals surface area contributed by atoms with Crippen molar-refractivity contribution < 1.29 is 78.7 Å². The molecule has 18 rings (SSSR count). The number of likely N-dealkylation sites (N-methyl/N-ethyl adjacent to an activating group) is 1. The number of aromatic hydroxyl groups is 3. The molecule has 700 valence electrons. The van der Waals surface area contributed by atoms with Crippen LogP contribution in [0.4, 0.5) is 62.3 Å². The van der Waals surface area contributed by atoms with E-state index in [1.54, 1.807) is 79.2 Å². The quantitative estimate of drug-likeness (QED) is 0.0758. The number of aromatic nitrogens is 6. The summed E-state index contributed by atoms with van der Waals surface area (Å²) in [7, 11) is 1.41. The summed E-state index contributed by atoms with van der Waals surface area (Å²) in [6, 6.07) is 15.5. The molecule has 12 aromatic rings. The van der Waals surface area contributed by atoms with Gasteiger partial charge < -0.3 is 54.4 Å². The minimum atomic E-state index is -1.28. The van der Waals surface area contributed by atoms with Gasteiger partial charge in [-0.2, -0.15) is 0 Å². The third-order valence-electron chi connectivity index (χ3n) is 26.4. The minimum absolute atomic E-state index is 0.0272. The Balaban J connectivity index is 0.000000147. The van der Waals surface area contributed by atoms with Crippen molar-refractivity contribution in [3.05, 3.63) is 270 Å². The van der Waals surface area contributed by atoms with Crippen LogP contribution < -0.4 is 41.0 Å². The Kier molecular flexibility index (Phi) is 25.1. The molecule has 6 aromatic carbocycles. The zero-order chi connectivity index (χ0) is 97.3. The lowest BCUT2D eigenvalue weighted by molar-refractivity contribution is -0.130. The van der Waals surface area contributed by atoms with Gasteiger partial charge in [0.2, 0.25) is 23.5 Å². The first-order valence-electron chi connectivity index (χ1n) is 44.3. The Morgan fingerprint density at radius 2 is 0.770 bits per heavy atom. The lowest BCUT2D eigenvalue weighted by atomic mass is 9.89. The number of hydrogen-bond donors (Lipinski definition) is 3. The maximum atomic E-state index is 17.2. The molecule has 6 unspecified atom stereocenters. The molecule has 0 bridgehead atoms. The van der Waals surface area contributed by atoms with Crippen molar-refractivity contribution in [2.24, 2.45) is 0 Å². The van der Waals surface area contributed by atoms with E-state index >= 15 is 39.5 Å². The van der Waals surface area contributed by atoms with Crippen LogP contribution in [-0.4, -0.2) is 171 Å². The number of benzene rings is 6. The molecule has 12 heterocycles. The number of phenolic OH excluding ortho intramolecular Hbond substituents is 3. The van der Waals surface area contributed by atoms with Crippen LogP contribution in [0.2, 0.25) is 0 Å². The highest BCUT2D eigenvalue weighted by Crippen LogP contribution is 2.52. The number of piperazine rings is 3. The number of hydrogen-bond acceptors (Lipinski definition) is 17. The first-order chi connectivity index (χ1) is 64.2. The van der Waals surface area contributed by atoms with Gasteiger partial charge in [0.25, 0.3) is 22.6 Å². The molecule has 0 aliphatic carbocycles. The number of pyridine rings is 6.